The molecule has 0 saturated carbocycles. The summed E-state index contributed by atoms with van der Waals surface area (Å²) < 4.78 is 7.53. The Morgan fingerprint density at radius 1 is 1.24 bits per heavy atom. The van der Waals surface area contributed by atoms with Gasteiger partial charge in [-0.25, -0.2) is 0 Å². The monoisotopic (exact) mass is 232 g/mol. The summed E-state index contributed by atoms with van der Waals surface area (Å²) in [5.74, 6) is 0.920. The van der Waals surface area contributed by atoms with E-state index >= 15 is 0 Å². The van der Waals surface area contributed by atoms with Crippen molar-refractivity contribution in [1.82, 2.24) is 9.47 Å². The van der Waals surface area contributed by atoms with Gasteiger partial charge in [0.1, 0.15) is 5.75 Å². The summed E-state index contributed by atoms with van der Waals surface area (Å²) in [6.45, 7) is 2.18. The first-order valence-electron chi connectivity index (χ1n) is 5.98. The van der Waals surface area contributed by atoms with Gasteiger partial charge in [0.05, 0.1) is 7.11 Å². The molecule has 0 radical (unpaired) electrons. The van der Waals surface area contributed by atoms with Gasteiger partial charge >= 0.3 is 0 Å². The Bertz CT molecular complexity index is 488. The van der Waals surface area contributed by atoms with Crippen molar-refractivity contribution in [3.8, 4) is 5.75 Å². The van der Waals surface area contributed by atoms with Crippen LogP contribution in [-0.2, 0) is 6.54 Å². The van der Waals surface area contributed by atoms with Gasteiger partial charge in [0.25, 0.3) is 0 Å². The van der Waals surface area contributed by atoms with Crippen LogP contribution in [0.5, 0.6) is 5.75 Å². The molecule has 0 N–H and O–H groups in total. The van der Waals surface area contributed by atoms with Gasteiger partial charge < -0.3 is 14.2 Å². The highest BCUT2D eigenvalue weighted by Crippen LogP contribution is 2.21. The second kappa shape index (κ2) is 5.23. The first-order valence-corrected chi connectivity index (χ1v) is 5.98. The summed E-state index contributed by atoms with van der Waals surface area (Å²) >= 11 is 0. The highest BCUT2D eigenvalue weighted by Gasteiger charge is 2.02. The molecular formula is C14H20N2O. The zero-order valence-electron chi connectivity index (χ0n) is 10.8. The summed E-state index contributed by atoms with van der Waals surface area (Å²) in [5, 5.41) is 1.24. The van der Waals surface area contributed by atoms with Crippen LogP contribution in [0, 0.1) is 0 Å². The van der Waals surface area contributed by atoms with Crippen molar-refractivity contribution >= 4 is 10.9 Å². The maximum Gasteiger partial charge on any atom is 0.119 e. The average molecular weight is 232 g/mol. The van der Waals surface area contributed by atoms with Gasteiger partial charge in [-0.2, -0.15) is 0 Å². The summed E-state index contributed by atoms with van der Waals surface area (Å²) in [4.78, 5) is 2.22. The zero-order chi connectivity index (χ0) is 12.3. The number of aryl methyl sites for hydroxylation is 1. The smallest absolute Gasteiger partial charge is 0.119 e. The van der Waals surface area contributed by atoms with Crippen LogP contribution in [0.25, 0.3) is 10.9 Å². The van der Waals surface area contributed by atoms with Crippen molar-refractivity contribution < 1.29 is 4.74 Å². The molecule has 2 rings (SSSR count). The standard InChI is InChI=1S/C14H20N2O/c1-15(2)8-4-9-16-10-7-12-11-13(17-3)5-6-14(12)16/h5-7,10-11H,4,8-9H2,1-3H3. The minimum atomic E-state index is 0.920. The van der Waals surface area contributed by atoms with Gasteiger partial charge in [-0.3, -0.25) is 0 Å². The fourth-order valence-electron chi connectivity index (χ4n) is 2.06. The number of rotatable bonds is 5. The quantitative estimate of drug-likeness (QED) is 0.788. The van der Waals surface area contributed by atoms with Crippen LogP contribution in [0.1, 0.15) is 6.42 Å². The van der Waals surface area contributed by atoms with E-state index in [1.54, 1.807) is 7.11 Å². The molecule has 0 aliphatic carbocycles. The van der Waals surface area contributed by atoms with Gasteiger partial charge in [0, 0.05) is 23.6 Å². The predicted molar refractivity (Wildman–Crippen MR) is 71.7 cm³/mol. The van der Waals surface area contributed by atoms with Gasteiger partial charge in [0.2, 0.25) is 0 Å². The van der Waals surface area contributed by atoms with E-state index < -0.39 is 0 Å². The molecule has 1 heterocycles. The van der Waals surface area contributed by atoms with Crippen LogP contribution in [0.15, 0.2) is 30.5 Å². The number of ether oxygens (including phenoxy) is 1. The molecule has 1 aromatic heterocycles. The van der Waals surface area contributed by atoms with Crippen LogP contribution < -0.4 is 4.74 Å². The molecule has 0 aliphatic rings. The number of benzene rings is 1. The minimum Gasteiger partial charge on any atom is -0.497 e. The fraction of sp³-hybridized carbons (Fsp3) is 0.429. The fourth-order valence-corrected chi connectivity index (χ4v) is 2.06. The van der Waals surface area contributed by atoms with Crippen LogP contribution in [0.4, 0.5) is 0 Å². The highest BCUT2D eigenvalue weighted by molar-refractivity contribution is 5.81. The molecule has 3 heteroatoms. The molecule has 0 fully saturated rings. The Kier molecular flexibility index (Phi) is 3.69. The lowest BCUT2D eigenvalue weighted by molar-refractivity contribution is 0.388. The van der Waals surface area contributed by atoms with Crippen molar-refractivity contribution in [3.63, 3.8) is 0 Å². The third-order valence-electron chi connectivity index (χ3n) is 2.98. The number of aromatic nitrogens is 1. The van der Waals surface area contributed by atoms with Gasteiger partial charge in [-0.1, -0.05) is 0 Å². The van der Waals surface area contributed by atoms with Crippen LogP contribution in [0.2, 0.25) is 0 Å². The lowest BCUT2D eigenvalue weighted by Gasteiger charge is -2.10. The molecule has 0 saturated heterocycles. The predicted octanol–water partition coefficient (Wildman–Crippen LogP) is 2.60. The maximum atomic E-state index is 5.23. The van der Waals surface area contributed by atoms with Crippen molar-refractivity contribution in [3.05, 3.63) is 30.5 Å². The Hall–Kier alpha value is -1.48. The van der Waals surface area contributed by atoms with E-state index in [0.717, 1.165) is 18.8 Å². The number of hydrogen-bond donors (Lipinski definition) is 0. The molecule has 3 nitrogen and oxygen atoms in total. The highest BCUT2D eigenvalue weighted by atomic mass is 16.5. The second-order valence-corrected chi connectivity index (χ2v) is 4.59. The molecule has 17 heavy (non-hydrogen) atoms. The average Bonchev–Trinajstić information content (AvgIpc) is 2.71. The van der Waals surface area contributed by atoms with E-state index in [1.807, 2.05) is 6.07 Å². The van der Waals surface area contributed by atoms with Gasteiger partial charge in [-0.05, 0) is 51.3 Å². The Balaban J connectivity index is 2.13. The third kappa shape index (κ3) is 2.80. The summed E-state index contributed by atoms with van der Waals surface area (Å²) in [6.07, 6.45) is 3.32. The summed E-state index contributed by atoms with van der Waals surface area (Å²) in [7, 11) is 5.92. The van der Waals surface area contributed by atoms with E-state index in [2.05, 4.69) is 48.0 Å². The van der Waals surface area contributed by atoms with E-state index in [0.29, 0.717) is 0 Å². The Morgan fingerprint density at radius 3 is 2.76 bits per heavy atom. The van der Waals surface area contributed by atoms with Gasteiger partial charge in [0.15, 0.2) is 0 Å². The minimum absolute atomic E-state index is 0.920. The number of methoxy groups -OCH3 is 1. The molecule has 0 atom stereocenters. The molecule has 0 bridgehead atoms. The molecular weight excluding hydrogens is 212 g/mol. The zero-order valence-corrected chi connectivity index (χ0v) is 10.8. The SMILES string of the molecule is COc1ccc2c(ccn2CCCN(C)C)c1. The second-order valence-electron chi connectivity index (χ2n) is 4.59. The molecule has 0 amide bonds. The largest absolute Gasteiger partial charge is 0.497 e. The first-order chi connectivity index (χ1) is 8.20. The molecule has 92 valence electrons. The Morgan fingerprint density at radius 2 is 2.06 bits per heavy atom. The van der Waals surface area contributed by atoms with E-state index in [4.69, 9.17) is 4.74 Å². The van der Waals surface area contributed by atoms with Gasteiger partial charge in [-0.15, -0.1) is 0 Å². The lowest BCUT2D eigenvalue weighted by atomic mass is 10.2. The molecule has 1 aromatic carbocycles. The van der Waals surface area contributed by atoms with Crippen molar-refractivity contribution in [2.75, 3.05) is 27.7 Å². The molecule has 0 spiro atoms. The van der Waals surface area contributed by atoms with Crippen molar-refractivity contribution in [2.24, 2.45) is 0 Å². The van der Waals surface area contributed by atoms with Crippen LogP contribution >= 0.6 is 0 Å². The van der Waals surface area contributed by atoms with Crippen LogP contribution in [-0.4, -0.2) is 37.2 Å². The summed E-state index contributed by atoms with van der Waals surface area (Å²) in [5.41, 5.74) is 1.28. The van der Waals surface area contributed by atoms with Crippen molar-refractivity contribution in [2.45, 2.75) is 13.0 Å². The van der Waals surface area contributed by atoms with Crippen LogP contribution in [0.3, 0.4) is 0 Å². The Labute approximate surface area is 103 Å². The third-order valence-corrected chi connectivity index (χ3v) is 2.98. The first kappa shape index (κ1) is 12.0. The van der Waals surface area contributed by atoms with E-state index in [1.165, 1.54) is 17.3 Å². The number of fused-ring (bicyclic) bond motifs is 1. The molecule has 2 aromatic rings. The topological polar surface area (TPSA) is 17.4 Å². The molecule has 0 aliphatic heterocycles. The number of nitrogens with zero attached hydrogens (tertiary/aromatic N) is 2. The number of hydrogen-bond acceptors (Lipinski definition) is 2. The van der Waals surface area contributed by atoms with E-state index in [9.17, 15) is 0 Å². The summed E-state index contributed by atoms with van der Waals surface area (Å²) in [6, 6.07) is 8.37. The normalized spacial score (nSPS) is 11.3. The van der Waals surface area contributed by atoms with E-state index in [-0.39, 0.29) is 0 Å². The maximum absolute atomic E-state index is 5.23. The lowest BCUT2D eigenvalue weighted by Crippen LogP contribution is -2.14. The molecule has 0 unspecified atom stereocenters. The van der Waals surface area contributed by atoms with Crippen molar-refractivity contribution in [1.29, 1.82) is 0 Å².